The van der Waals surface area contributed by atoms with Crippen molar-refractivity contribution in [3.63, 3.8) is 0 Å². The SMILES string of the molecule is CCOc1ccc2nc(N(CCCN(C)C)C(=O)c3cc(C)n(C(C)C)n3)sc2c1. The Labute approximate surface area is 182 Å². The van der Waals surface area contributed by atoms with Crippen LogP contribution in [0.2, 0.25) is 0 Å². The minimum Gasteiger partial charge on any atom is -0.494 e. The highest BCUT2D eigenvalue weighted by atomic mass is 32.1. The van der Waals surface area contributed by atoms with Gasteiger partial charge in [-0.2, -0.15) is 5.10 Å². The van der Waals surface area contributed by atoms with Crippen molar-refractivity contribution in [1.82, 2.24) is 19.7 Å². The molecule has 1 aromatic carbocycles. The molecule has 2 aromatic heterocycles. The van der Waals surface area contributed by atoms with Crippen molar-refractivity contribution in [1.29, 1.82) is 0 Å². The number of aromatic nitrogens is 3. The normalized spacial score (nSPS) is 11.6. The number of hydrogen-bond acceptors (Lipinski definition) is 6. The van der Waals surface area contributed by atoms with Crippen molar-refractivity contribution in [3.8, 4) is 5.75 Å². The van der Waals surface area contributed by atoms with Crippen LogP contribution in [0.4, 0.5) is 5.13 Å². The van der Waals surface area contributed by atoms with E-state index in [2.05, 4.69) is 23.8 Å². The average Bonchev–Trinajstić information content (AvgIpc) is 3.28. The summed E-state index contributed by atoms with van der Waals surface area (Å²) in [6, 6.07) is 7.91. The van der Waals surface area contributed by atoms with Crippen LogP contribution in [0.3, 0.4) is 0 Å². The Morgan fingerprint density at radius 3 is 2.63 bits per heavy atom. The Balaban J connectivity index is 1.94. The van der Waals surface area contributed by atoms with E-state index in [0.29, 0.717) is 24.0 Å². The van der Waals surface area contributed by atoms with Gasteiger partial charge in [-0.25, -0.2) is 4.98 Å². The Morgan fingerprint density at radius 2 is 2.00 bits per heavy atom. The maximum absolute atomic E-state index is 13.4. The largest absolute Gasteiger partial charge is 0.494 e. The van der Waals surface area contributed by atoms with E-state index in [4.69, 9.17) is 9.72 Å². The monoisotopic (exact) mass is 429 g/mol. The number of carbonyl (C=O) groups is 1. The fraction of sp³-hybridized carbons (Fsp3) is 0.500. The molecule has 0 radical (unpaired) electrons. The zero-order valence-corrected chi connectivity index (χ0v) is 19.5. The maximum Gasteiger partial charge on any atom is 0.280 e. The molecule has 0 saturated carbocycles. The molecular formula is C22H31N5O2S. The quantitative estimate of drug-likeness (QED) is 0.505. The molecule has 1 amide bonds. The number of hydrogen-bond donors (Lipinski definition) is 0. The number of ether oxygens (including phenoxy) is 1. The minimum absolute atomic E-state index is 0.111. The molecule has 0 saturated heterocycles. The zero-order chi connectivity index (χ0) is 21.8. The van der Waals surface area contributed by atoms with Crippen LogP contribution in [0.15, 0.2) is 24.3 Å². The van der Waals surface area contributed by atoms with Crippen LogP contribution < -0.4 is 9.64 Å². The molecule has 2 heterocycles. The molecular weight excluding hydrogens is 398 g/mol. The fourth-order valence-corrected chi connectivity index (χ4v) is 4.37. The van der Waals surface area contributed by atoms with Crippen LogP contribution in [0.5, 0.6) is 5.75 Å². The van der Waals surface area contributed by atoms with Gasteiger partial charge in [0.25, 0.3) is 5.91 Å². The maximum atomic E-state index is 13.4. The highest BCUT2D eigenvalue weighted by Gasteiger charge is 2.24. The first-order chi connectivity index (χ1) is 14.3. The van der Waals surface area contributed by atoms with Crippen molar-refractivity contribution in [3.05, 3.63) is 35.7 Å². The Morgan fingerprint density at radius 1 is 1.23 bits per heavy atom. The van der Waals surface area contributed by atoms with E-state index in [-0.39, 0.29) is 11.9 Å². The molecule has 0 aliphatic carbocycles. The second-order valence-electron chi connectivity index (χ2n) is 7.88. The van der Waals surface area contributed by atoms with Gasteiger partial charge < -0.3 is 9.64 Å². The van der Waals surface area contributed by atoms with Crippen molar-refractivity contribution in [2.75, 3.05) is 38.7 Å². The van der Waals surface area contributed by atoms with Gasteiger partial charge in [0.15, 0.2) is 10.8 Å². The van der Waals surface area contributed by atoms with Gasteiger partial charge in [-0.3, -0.25) is 14.4 Å². The third-order valence-electron chi connectivity index (χ3n) is 4.75. The molecule has 0 spiro atoms. The molecule has 0 aliphatic heterocycles. The number of rotatable bonds is 9. The van der Waals surface area contributed by atoms with Gasteiger partial charge in [0.1, 0.15) is 5.75 Å². The fourth-order valence-electron chi connectivity index (χ4n) is 3.35. The minimum atomic E-state index is -0.111. The third kappa shape index (κ3) is 4.99. The predicted molar refractivity (Wildman–Crippen MR) is 123 cm³/mol. The van der Waals surface area contributed by atoms with E-state index in [1.165, 1.54) is 11.3 Å². The number of benzene rings is 1. The van der Waals surface area contributed by atoms with Gasteiger partial charge >= 0.3 is 0 Å². The molecule has 0 unspecified atom stereocenters. The van der Waals surface area contributed by atoms with E-state index in [1.54, 1.807) is 4.90 Å². The zero-order valence-electron chi connectivity index (χ0n) is 18.7. The van der Waals surface area contributed by atoms with Crippen molar-refractivity contribution >= 4 is 32.6 Å². The lowest BCUT2D eigenvalue weighted by molar-refractivity contribution is 0.0980. The summed E-state index contributed by atoms with van der Waals surface area (Å²) in [6.07, 6.45) is 0.850. The molecule has 8 heteroatoms. The predicted octanol–water partition coefficient (Wildman–Crippen LogP) is 4.38. The van der Waals surface area contributed by atoms with Crippen LogP contribution in [0.1, 0.15) is 49.4 Å². The topological polar surface area (TPSA) is 63.5 Å². The summed E-state index contributed by atoms with van der Waals surface area (Å²) < 4.78 is 8.50. The lowest BCUT2D eigenvalue weighted by Crippen LogP contribution is -2.33. The summed E-state index contributed by atoms with van der Waals surface area (Å²) >= 11 is 1.51. The number of amides is 1. The third-order valence-corrected chi connectivity index (χ3v) is 5.79. The standard InChI is InChI=1S/C22H31N5O2S/c1-7-29-17-9-10-18-20(14-17)30-22(23-18)26(12-8-11-25(5)6)21(28)19-13-16(4)27(24-19)15(2)3/h9-10,13-15H,7-8,11-12H2,1-6H3. The van der Waals surface area contributed by atoms with Gasteiger partial charge in [-0.05, 0) is 79.0 Å². The number of carbonyl (C=O) groups excluding carboxylic acids is 1. The first kappa shape index (κ1) is 22.2. The van der Waals surface area contributed by atoms with Crippen molar-refractivity contribution < 1.29 is 9.53 Å². The summed E-state index contributed by atoms with van der Waals surface area (Å²) in [4.78, 5) is 22.1. The molecule has 3 aromatic rings. The Kier molecular flexibility index (Phi) is 7.10. The van der Waals surface area contributed by atoms with E-state index < -0.39 is 0 Å². The Hall–Kier alpha value is -2.45. The summed E-state index contributed by atoms with van der Waals surface area (Å²) in [6.45, 7) is 10.2. The summed E-state index contributed by atoms with van der Waals surface area (Å²) in [5, 5.41) is 5.26. The molecule has 0 N–H and O–H groups in total. The van der Waals surface area contributed by atoms with Gasteiger partial charge in [0, 0.05) is 18.3 Å². The average molecular weight is 430 g/mol. The molecule has 7 nitrogen and oxygen atoms in total. The first-order valence-corrected chi connectivity index (χ1v) is 11.2. The van der Waals surface area contributed by atoms with Gasteiger partial charge in [-0.15, -0.1) is 0 Å². The van der Waals surface area contributed by atoms with Crippen molar-refractivity contribution in [2.45, 2.75) is 40.2 Å². The number of anilines is 1. The summed E-state index contributed by atoms with van der Waals surface area (Å²) in [5.41, 5.74) is 2.31. The Bertz CT molecular complexity index is 1010. The van der Waals surface area contributed by atoms with E-state index in [1.807, 2.05) is 56.9 Å². The van der Waals surface area contributed by atoms with E-state index >= 15 is 0 Å². The van der Waals surface area contributed by atoms with E-state index in [0.717, 1.165) is 34.6 Å². The van der Waals surface area contributed by atoms with E-state index in [9.17, 15) is 4.79 Å². The van der Waals surface area contributed by atoms with Crippen LogP contribution in [0, 0.1) is 6.92 Å². The number of fused-ring (bicyclic) bond motifs is 1. The second-order valence-corrected chi connectivity index (χ2v) is 8.89. The van der Waals surface area contributed by atoms with Crippen molar-refractivity contribution in [2.24, 2.45) is 0 Å². The smallest absolute Gasteiger partial charge is 0.280 e. The molecule has 0 bridgehead atoms. The molecule has 162 valence electrons. The van der Waals surface area contributed by atoms with Crippen LogP contribution in [0.25, 0.3) is 10.2 Å². The number of nitrogens with zero attached hydrogens (tertiary/aromatic N) is 5. The number of aryl methyl sites for hydroxylation is 1. The highest BCUT2D eigenvalue weighted by molar-refractivity contribution is 7.22. The molecule has 3 rings (SSSR count). The summed E-state index contributed by atoms with van der Waals surface area (Å²) in [7, 11) is 4.07. The summed E-state index contributed by atoms with van der Waals surface area (Å²) in [5.74, 6) is 0.706. The first-order valence-electron chi connectivity index (χ1n) is 10.4. The molecule has 0 atom stereocenters. The van der Waals surface area contributed by atoms with Gasteiger partial charge in [-0.1, -0.05) is 11.3 Å². The lowest BCUT2D eigenvalue weighted by Gasteiger charge is -2.20. The lowest BCUT2D eigenvalue weighted by atomic mass is 10.3. The number of thiazole rings is 1. The van der Waals surface area contributed by atoms with Crippen LogP contribution >= 0.6 is 11.3 Å². The second kappa shape index (κ2) is 9.57. The van der Waals surface area contributed by atoms with Crippen LogP contribution in [-0.2, 0) is 0 Å². The molecule has 0 aliphatic rings. The van der Waals surface area contributed by atoms with Gasteiger partial charge in [0.05, 0.1) is 16.8 Å². The molecule has 0 fully saturated rings. The van der Waals surface area contributed by atoms with Gasteiger partial charge in [0.2, 0.25) is 0 Å². The highest BCUT2D eigenvalue weighted by Crippen LogP contribution is 2.32. The van der Waals surface area contributed by atoms with Crippen LogP contribution in [-0.4, -0.2) is 59.4 Å². The molecule has 30 heavy (non-hydrogen) atoms.